The Labute approximate surface area is 383 Å². The van der Waals surface area contributed by atoms with E-state index in [1.54, 1.807) is 0 Å². The third-order valence-corrected chi connectivity index (χ3v) is 11.2. The number of hydrogen-bond acceptors (Lipinski definition) is 12. The Morgan fingerprint density at radius 1 is 0.500 bits per heavy atom. The van der Waals surface area contributed by atoms with Gasteiger partial charge in [-0.05, 0) is 83.5 Å². The minimum absolute atomic E-state index is 0.0372. The molecule has 6 unspecified atom stereocenters. The average Bonchev–Trinajstić information content (AvgIpc) is 3.28. The van der Waals surface area contributed by atoms with Gasteiger partial charge in [0, 0.05) is 12.8 Å². The summed E-state index contributed by atoms with van der Waals surface area (Å²) in [6.45, 7) is 3.08. The number of phosphoric acid groups is 1. The van der Waals surface area contributed by atoms with Gasteiger partial charge in [-0.25, -0.2) is 4.57 Å². The van der Waals surface area contributed by atoms with Crippen molar-refractivity contribution < 1.29 is 63.1 Å². The van der Waals surface area contributed by atoms with Gasteiger partial charge < -0.3 is 39.9 Å². The molecule has 13 nitrogen and oxygen atoms in total. The van der Waals surface area contributed by atoms with E-state index < -0.39 is 75.7 Å². The molecular weight excluding hydrogens is 840 g/mol. The maximum absolute atomic E-state index is 12.8. The second-order valence-corrected chi connectivity index (χ2v) is 17.3. The number of esters is 2. The molecule has 1 fully saturated rings. The van der Waals surface area contributed by atoms with Crippen molar-refractivity contribution in [2.75, 3.05) is 13.2 Å². The normalized spacial score (nSPS) is 22.4. The second kappa shape index (κ2) is 39.0. The molecule has 0 aromatic heterocycles. The first-order chi connectivity index (χ1) is 30.9. The lowest BCUT2D eigenvalue weighted by Crippen LogP contribution is -2.64. The van der Waals surface area contributed by atoms with Crippen molar-refractivity contribution in [2.45, 2.75) is 191 Å². The summed E-state index contributed by atoms with van der Waals surface area (Å²) < 4.78 is 33.4. The van der Waals surface area contributed by atoms with Gasteiger partial charge in [0.25, 0.3) is 0 Å². The molecular formula is C50H81O13P. The number of carbonyl (C=O) groups excluding carboxylic acids is 2. The van der Waals surface area contributed by atoms with Gasteiger partial charge in [-0.3, -0.25) is 18.6 Å². The van der Waals surface area contributed by atoms with Crippen LogP contribution in [0.5, 0.6) is 0 Å². The van der Waals surface area contributed by atoms with Crippen LogP contribution < -0.4 is 0 Å². The molecule has 0 spiro atoms. The third-order valence-electron chi connectivity index (χ3n) is 10.2. The predicted molar refractivity (Wildman–Crippen MR) is 253 cm³/mol. The summed E-state index contributed by atoms with van der Waals surface area (Å²) >= 11 is 0. The number of aliphatic hydroxyl groups excluding tert-OH is 5. The Balaban J connectivity index is 2.53. The van der Waals surface area contributed by atoms with Crippen molar-refractivity contribution in [1.29, 1.82) is 0 Å². The van der Waals surface area contributed by atoms with E-state index in [1.165, 1.54) is 25.7 Å². The van der Waals surface area contributed by atoms with Crippen LogP contribution in [0.3, 0.4) is 0 Å². The van der Waals surface area contributed by atoms with Crippen LogP contribution in [0.25, 0.3) is 0 Å². The maximum atomic E-state index is 12.8. The van der Waals surface area contributed by atoms with E-state index in [2.05, 4.69) is 92.8 Å². The van der Waals surface area contributed by atoms with Crippen LogP contribution in [0.4, 0.5) is 0 Å². The zero-order valence-electron chi connectivity index (χ0n) is 38.5. The van der Waals surface area contributed by atoms with E-state index in [0.717, 1.165) is 77.0 Å². The monoisotopic (exact) mass is 921 g/mol. The third kappa shape index (κ3) is 30.8. The quantitative estimate of drug-likeness (QED) is 0.0149. The molecule has 0 amide bonds. The van der Waals surface area contributed by atoms with Crippen LogP contribution in [0, 0.1) is 0 Å². The number of aliphatic hydroxyl groups is 5. The smallest absolute Gasteiger partial charge is 0.462 e. The molecule has 1 aliphatic carbocycles. The maximum Gasteiger partial charge on any atom is 0.472 e. The van der Waals surface area contributed by atoms with Crippen molar-refractivity contribution in [3.05, 3.63) is 97.2 Å². The van der Waals surface area contributed by atoms with E-state index >= 15 is 0 Å². The summed E-state index contributed by atoms with van der Waals surface area (Å²) in [6.07, 6.45) is 39.0. The van der Waals surface area contributed by atoms with Crippen molar-refractivity contribution in [2.24, 2.45) is 0 Å². The van der Waals surface area contributed by atoms with Crippen molar-refractivity contribution >= 4 is 19.8 Å². The summed E-state index contributed by atoms with van der Waals surface area (Å²) in [6, 6.07) is 0. The lowest BCUT2D eigenvalue weighted by atomic mass is 9.85. The predicted octanol–water partition coefficient (Wildman–Crippen LogP) is 9.44. The lowest BCUT2D eigenvalue weighted by molar-refractivity contribution is -0.220. The second-order valence-electron chi connectivity index (χ2n) is 15.9. The van der Waals surface area contributed by atoms with Gasteiger partial charge in [-0.15, -0.1) is 0 Å². The fourth-order valence-corrected chi connectivity index (χ4v) is 7.37. The van der Waals surface area contributed by atoms with Gasteiger partial charge in [0.15, 0.2) is 6.10 Å². The molecule has 364 valence electrons. The van der Waals surface area contributed by atoms with E-state index in [1.807, 2.05) is 18.2 Å². The summed E-state index contributed by atoms with van der Waals surface area (Å²) in [5.74, 6) is -1.22. The minimum Gasteiger partial charge on any atom is -0.462 e. The molecule has 1 saturated carbocycles. The van der Waals surface area contributed by atoms with E-state index in [4.69, 9.17) is 18.5 Å². The Morgan fingerprint density at radius 3 is 1.42 bits per heavy atom. The van der Waals surface area contributed by atoms with E-state index in [-0.39, 0.29) is 12.8 Å². The lowest BCUT2D eigenvalue weighted by Gasteiger charge is -2.41. The first-order valence-corrected chi connectivity index (χ1v) is 25.0. The van der Waals surface area contributed by atoms with Gasteiger partial charge in [0.05, 0.1) is 6.61 Å². The van der Waals surface area contributed by atoms with Crippen LogP contribution in [0.2, 0.25) is 0 Å². The van der Waals surface area contributed by atoms with Gasteiger partial charge in [0.2, 0.25) is 0 Å². The van der Waals surface area contributed by atoms with E-state index in [0.29, 0.717) is 19.3 Å². The molecule has 0 aromatic rings. The zero-order valence-corrected chi connectivity index (χ0v) is 39.4. The molecule has 6 atom stereocenters. The molecule has 0 saturated heterocycles. The van der Waals surface area contributed by atoms with Gasteiger partial charge >= 0.3 is 19.8 Å². The first kappa shape index (κ1) is 58.8. The molecule has 0 radical (unpaired) electrons. The average molecular weight is 921 g/mol. The number of carbonyl (C=O) groups is 2. The number of hydrogen-bond donors (Lipinski definition) is 6. The highest BCUT2D eigenvalue weighted by molar-refractivity contribution is 7.47. The topological polar surface area (TPSA) is 210 Å². The Morgan fingerprint density at radius 2 is 0.922 bits per heavy atom. The highest BCUT2D eigenvalue weighted by atomic mass is 31.2. The summed E-state index contributed by atoms with van der Waals surface area (Å²) in [4.78, 5) is 35.7. The van der Waals surface area contributed by atoms with Gasteiger partial charge in [0.1, 0.15) is 43.2 Å². The number of unbranched alkanes of at least 4 members (excludes halogenated alkanes) is 9. The molecule has 0 heterocycles. The number of allylic oxidation sites excluding steroid dienone is 16. The Kier molecular flexibility index (Phi) is 35.8. The van der Waals surface area contributed by atoms with E-state index in [9.17, 15) is 44.6 Å². The Hall–Kier alpha value is -3.23. The van der Waals surface area contributed by atoms with Crippen molar-refractivity contribution in [1.82, 2.24) is 0 Å². The van der Waals surface area contributed by atoms with Crippen LogP contribution in [0.1, 0.15) is 149 Å². The number of ether oxygens (including phenoxy) is 2. The molecule has 0 aliphatic heterocycles. The SMILES string of the molecule is CC/C=C\C/C=C\C/C=C\C/C=C\C/C=C\C/C=C\CCC(=O)OC(COC(=O)CCCCCCC/C=C\C/C=C\CCCCCC)COP(=O)(O)OC1C(O)C(O)C(O)C(O)C1O. The highest BCUT2D eigenvalue weighted by Gasteiger charge is 2.51. The van der Waals surface area contributed by atoms with Crippen molar-refractivity contribution in [3.63, 3.8) is 0 Å². The molecule has 6 N–H and O–H groups in total. The van der Waals surface area contributed by atoms with Crippen molar-refractivity contribution in [3.8, 4) is 0 Å². The highest BCUT2D eigenvalue weighted by Crippen LogP contribution is 2.47. The fraction of sp³-hybridized carbons (Fsp3) is 0.640. The summed E-state index contributed by atoms with van der Waals surface area (Å²) in [5, 5.41) is 50.2. The molecule has 0 bridgehead atoms. The number of phosphoric ester groups is 1. The molecule has 1 rings (SSSR count). The molecule has 1 aliphatic rings. The van der Waals surface area contributed by atoms with Crippen LogP contribution in [-0.4, -0.2) is 98.3 Å². The van der Waals surface area contributed by atoms with Gasteiger partial charge in [-0.1, -0.05) is 150 Å². The zero-order chi connectivity index (χ0) is 47.1. The molecule has 0 aromatic carbocycles. The van der Waals surface area contributed by atoms with Crippen LogP contribution in [0.15, 0.2) is 97.2 Å². The standard InChI is InChI=1S/C50H81O13P/c1-3-5-7-9-11-13-15-17-19-21-22-23-25-27-29-31-33-35-37-39-44(52)62-42(41-61-64(58,59)63-50-48(56)46(54)45(53)47(55)49(50)57)40-60-43(51)38-36-34-32-30-28-26-24-20-18-16-14-12-10-8-6-4-2/h5,7,11,13-14,16-17,19-20,22-24,27,29,33,35,42,45-50,53-57H,3-4,6,8-10,12,15,18,21,25-26,28,30-32,34,36-41H2,1-2H3,(H,58,59)/b7-5-,13-11-,16-14-,19-17-,23-22-,24-20-,29-27-,35-33-. The number of rotatable bonds is 37. The largest absolute Gasteiger partial charge is 0.472 e. The summed E-state index contributed by atoms with van der Waals surface area (Å²) in [5.41, 5.74) is 0. The fourth-order valence-electron chi connectivity index (χ4n) is 6.40. The van der Waals surface area contributed by atoms with Crippen LogP contribution >= 0.6 is 7.82 Å². The minimum atomic E-state index is -5.15. The summed E-state index contributed by atoms with van der Waals surface area (Å²) in [7, 11) is -5.15. The molecule has 14 heteroatoms. The Bertz CT molecular complexity index is 1480. The van der Waals surface area contributed by atoms with Gasteiger partial charge in [-0.2, -0.15) is 0 Å². The first-order valence-electron chi connectivity index (χ1n) is 23.5. The van der Waals surface area contributed by atoms with Crippen LogP contribution in [-0.2, 0) is 32.7 Å². The molecule has 64 heavy (non-hydrogen) atoms.